The maximum Gasteiger partial charge on any atom is 0.251 e. The topological polar surface area (TPSA) is 95.6 Å². The van der Waals surface area contributed by atoms with E-state index in [1.54, 1.807) is 24.3 Å². The van der Waals surface area contributed by atoms with Crippen LogP contribution >= 0.6 is 0 Å². The van der Waals surface area contributed by atoms with Gasteiger partial charge in [0.05, 0.1) is 4.90 Å². The molecular formula is C25H33N3O4S. The molecule has 178 valence electrons. The van der Waals surface area contributed by atoms with Crippen LogP contribution in [0.25, 0.3) is 0 Å². The van der Waals surface area contributed by atoms with E-state index in [2.05, 4.69) is 21.9 Å². The van der Waals surface area contributed by atoms with Crippen molar-refractivity contribution in [3.63, 3.8) is 0 Å². The van der Waals surface area contributed by atoms with E-state index in [0.29, 0.717) is 11.1 Å². The van der Waals surface area contributed by atoms with Crippen LogP contribution in [0, 0.1) is 0 Å². The lowest BCUT2D eigenvalue weighted by atomic mass is 10.0. The molecule has 3 rings (SSSR count). The lowest BCUT2D eigenvalue weighted by Crippen LogP contribution is -2.44. The van der Waals surface area contributed by atoms with Gasteiger partial charge >= 0.3 is 0 Å². The van der Waals surface area contributed by atoms with Crippen molar-refractivity contribution in [3.05, 3.63) is 65.2 Å². The Morgan fingerprint density at radius 2 is 1.58 bits per heavy atom. The third-order valence-electron chi connectivity index (χ3n) is 6.00. The van der Waals surface area contributed by atoms with Crippen LogP contribution in [0.15, 0.2) is 53.4 Å². The molecule has 1 amide bonds. The number of unbranched alkanes of at least 4 members (excludes halogenated alkanes) is 1. The number of hydrogen-bond donors (Lipinski definition) is 2. The van der Waals surface area contributed by atoms with Crippen molar-refractivity contribution in [1.29, 1.82) is 0 Å². The number of piperidine rings is 1. The van der Waals surface area contributed by atoms with Gasteiger partial charge < -0.3 is 10.2 Å². The van der Waals surface area contributed by atoms with E-state index in [4.69, 9.17) is 0 Å². The van der Waals surface area contributed by atoms with Gasteiger partial charge in [0, 0.05) is 36.8 Å². The molecule has 0 saturated carbocycles. The molecular weight excluding hydrogens is 438 g/mol. The largest absolute Gasteiger partial charge is 0.349 e. The molecule has 1 aliphatic rings. The van der Waals surface area contributed by atoms with E-state index in [9.17, 15) is 18.0 Å². The normalized spacial score (nSPS) is 15.3. The van der Waals surface area contributed by atoms with Gasteiger partial charge in [0.1, 0.15) is 0 Å². The lowest BCUT2D eigenvalue weighted by molar-refractivity contribution is 0.0910. The maximum atomic E-state index is 12.6. The minimum absolute atomic E-state index is 0.0975. The summed E-state index contributed by atoms with van der Waals surface area (Å²) in [4.78, 5) is 26.5. The van der Waals surface area contributed by atoms with E-state index in [1.807, 2.05) is 0 Å². The number of Topliss-reactive ketones (excluding diaryl/α,β-unsaturated/α-hetero) is 1. The molecule has 0 unspecified atom stereocenters. The molecule has 1 fully saturated rings. The van der Waals surface area contributed by atoms with Gasteiger partial charge in [0.15, 0.2) is 5.78 Å². The summed E-state index contributed by atoms with van der Waals surface area (Å²) in [5.41, 5.74) is 1.78. The minimum atomic E-state index is -3.70. The Morgan fingerprint density at radius 3 is 2.15 bits per heavy atom. The third-order valence-corrected chi connectivity index (χ3v) is 7.42. The highest BCUT2D eigenvalue weighted by atomic mass is 32.2. The molecule has 0 atom stereocenters. The van der Waals surface area contributed by atoms with Crippen molar-refractivity contribution in [2.45, 2.75) is 57.0 Å². The summed E-state index contributed by atoms with van der Waals surface area (Å²) in [6.07, 6.45) is 4.33. The summed E-state index contributed by atoms with van der Waals surface area (Å²) in [5, 5.41) is 3.12. The van der Waals surface area contributed by atoms with E-state index in [0.717, 1.165) is 38.0 Å². The predicted octanol–water partition coefficient (Wildman–Crippen LogP) is 3.36. The van der Waals surface area contributed by atoms with Crippen molar-refractivity contribution in [2.75, 3.05) is 19.6 Å². The fourth-order valence-corrected chi connectivity index (χ4v) is 4.87. The second-order valence-corrected chi connectivity index (χ2v) is 10.3. The molecule has 1 heterocycles. The lowest BCUT2D eigenvalue weighted by Gasteiger charge is -2.32. The zero-order valence-corrected chi connectivity index (χ0v) is 20.2. The summed E-state index contributed by atoms with van der Waals surface area (Å²) in [7, 11) is -3.70. The first-order valence-corrected chi connectivity index (χ1v) is 13.0. The van der Waals surface area contributed by atoms with Gasteiger partial charge in [-0.2, -0.15) is 0 Å². The number of carbonyl (C=O) groups is 2. The Kier molecular flexibility index (Phi) is 8.77. The number of sulfonamides is 1. The van der Waals surface area contributed by atoms with Crippen molar-refractivity contribution < 1.29 is 18.0 Å². The molecule has 0 aromatic heterocycles. The third kappa shape index (κ3) is 7.22. The van der Waals surface area contributed by atoms with Crippen LogP contribution in [0.2, 0.25) is 0 Å². The van der Waals surface area contributed by atoms with Gasteiger partial charge in [-0.25, -0.2) is 13.1 Å². The number of hydrogen-bond acceptors (Lipinski definition) is 5. The standard InChI is InChI=1S/C25H33N3O4S/c1-3-4-15-28-16-13-23(14-17-28)27-25(30)22-7-5-20(6-8-22)18-26-33(31,32)24-11-9-21(10-12-24)19(2)29/h5-12,23,26H,3-4,13-18H2,1-2H3,(H,27,30). The molecule has 2 aromatic rings. The quantitative estimate of drug-likeness (QED) is 0.518. The molecule has 2 N–H and O–H groups in total. The van der Waals surface area contributed by atoms with E-state index in [-0.39, 0.29) is 29.2 Å². The molecule has 0 spiro atoms. The Bertz CT molecular complexity index is 1040. The summed E-state index contributed by atoms with van der Waals surface area (Å²) < 4.78 is 27.6. The Hall–Kier alpha value is -2.55. The minimum Gasteiger partial charge on any atom is -0.349 e. The summed E-state index contributed by atoms with van der Waals surface area (Å²) >= 11 is 0. The molecule has 1 aliphatic heterocycles. The highest BCUT2D eigenvalue weighted by Crippen LogP contribution is 2.14. The first-order chi connectivity index (χ1) is 15.8. The summed E-state index contributed by atoms with van der Waals surface area (Å²) in [5.74, 6) is -0.215. The van der Waals surface area contributed by atoms with Crippen LogP contribution in [0.4, 0.5) is 0 Å². The number of carbonyl (C=O) groups excluding carboxylic acids is 2. The molecule has 7 nitrogen and oxygen atoms in total. The average Bonchev–Trinajstić information content (AvgIpc) is 2.82. The number of nitrogens with one attached hydrogen (secondary N) is 2. The first-order valence-electron chi connectivity index (χ1n) is 11.5. The van der Waals surface area contributed by atoms with E-state index >= 15 is 0 Å². The Labute approximate surface area is 196 Å². The fraction of sp³-hybridized carbons (Fsp3) is 0.440. The van der Waals surface area contributed by atoms with E-state index in [1.165, 1.54) is 44.0 Å². The number of nitrogens with zero attached hydrogens (tertiary/aromatic N) is 1. The number of benzene rings is 2. The van der Waals surface area contributed by atoms with Gasteiger partial charge in [-0.05, 0) is 62.6 Å². The smallest absolute Gasteiger partial charge is 0.251 e. The number of ketones is 1. The fourth-order valence-electron chi connectivity index (χ4n) is 3.86. The summed E-state index contributed by atoms with van der Waals surface area (Å²) in [6.45, 7) is 6.90. The van der Waals surface area contributed by atoms with Crippen LogP contribution < -0.4 is 10.0 Å². The van der Waals surface area contributed by atoms with Crippen LogP contribution in [0.1, 0.15) is 65.8 Å². The number of amides is 1. The van der Waals surface area contributed by atoms with Crippen LogP contribution in [0.5, 0.6) is 0 Å². The van der Waals surface area contributed by atoms with Crippen LogP contribution in [-0.2, 0) is 16.6 Å². The molecule has 33 heavy (non-hydrogen) atoms. The number of likely N-dealkylation sites (tertiary alicyclic amines) is 1. The average molecular weight is 472 g/mol. The second kappa shape index (κ2) is 11.5. The van der Waals surface area contributed by atoms with Crippen molar-refractivity contribution in [3.8, 4) is 0 Å². The van der Waals surface area contributed by atoms with Gasteiger partial charge in [0.2, 0.25) is 10.0 Å². The molecule has 0 bridgehead atoms. The Balaban J connectivity index is 1.49. The molecule has 0 radical (unpaired) electrons. The molecule has 1 saturated heterocycles. The van der Waals surface area contributed by atoms with Gasteiger partial charge in [-0.1, -0.05) is 37.6 Å². The second-order valence-electron chi connectivity index (χ2n) is 8.54. The van der Waals surface area contributed by atoms with Gasteiger partial charge in [0.25, 0.3) is 5.91 Å². The SMILES string of the molecule is CCCCN1CCC(NC(=O)c2ccc(CNS(=O)(=O)c3ccc(C(C)=O)cc3)cc2)CC1. The van der Waals surface area contributed by atoms with Crippen LogP contribution in [0.3, 0.4) is 0 Å². The monoisotopic (exact) mass is 471 g/mol. The Morgan fingerprint density at radius 1 is 0.970 bits per heavy atom. The summed E-state index contributed by atoms with van der Waals surface area (Å²) in [6, 6.07) is 13.0. The highest BCUT2D eigenvalue weighted by Gasteiger charge is 2.21. The van der Waals surface area contributed by atoms with Gasteiger partial charge in [-0.15, -0.1) is 0 Å². The van der Waals surface area contributed by atoms with Crippen molar-refractivity contribution in [2.24, 2.45) is 0 Å². The zero-order chi connectivity index (χ0) is 23.8. The predicted molar refractivity (Wildman–Crippen MR) is 129 cm³/mol. The van der Waals surface area contributed by atoms with E-state index < -0.39 is 10.0 Å². The first kappa shape index (κ1) is 25.1. The van der Waals surface area contributed by atoms with Crippen molar-refractivity contribution >= 4 is 21.7 Å². The van der Waals surface area contributed by atoms with Crippen LogP contribution in [-0.4, -0.2) is 50.7 Å². The molecule has 8 heteroatoms. The van der Waals surface area contributed by atoms with Crippen molar-refractivity contribution in [1.82, 2.24) is 14.9 Å². The molecule has 2 aromatic carbocycles. The molecule has 0 aliphatic carbocycles. The number of rotatable bonds is 10. The highest BCUT2D eigenvalue weighted by molar-refractivity contribution is 7.89. The zero-order valence-electron chi connectivity index (χ0n) is 19.3. The maximum absolute atomic E-state index is 12.6. The van der Waals surface area contributed by atoms with Gasteiger partial charge in [-0.3, -0.25) is 9.59 Å².